The standard InChI is InChI=1S/C24H30N2S/c1-26(18-19-8-3-2-4-9-19)15-13-22(21-11-7-14-25-17-21)24-16-20-10-5-6-12-23(20)27-24/h2-6,8-10,12,16,21-22,25H,7,11,13-15,17-18H2,1H3. The second-order valence-corrected chi connectivity index (χ2v) is 9.03. The van der Waals surface area contributed by atoms with Crippen molar-refractivity contribution in [1.82, 2.24) is 10.2 Å². The van der Waals surface area contributed by atoms with Crippen LogP contribution < -0.4 is 5.32 Å². The quantitative estimate of drug-likeness (QED) is 0.583. The van der Waals surface area contributed by atoms with E-state index in [1.54, 1.807) is 4.88 Å². The third-order valence-electron chi connectivity index (χ3n) is 5.83. The van der Waals surface area contributed by atoms with Crippen LogP contribution in [0.2, 0.25) is 0 Å². The topological polar surface area (TPSA) is 15.3 Å². The van der Waals surface area contributed by atoms with Crippen molar-refractivity contribution >= 4 is 21.4 Å². The predicted octanol–water partition coefficient (Wildman–Crippen LogP) is 5.51. The molecular formula is C24H30N2S. The number of rotatable bonds is 7. The van der Waals surface area contributed by atoms with Gasteiger partial charge in [0.2, 0.25) is 0 Å². The number of hydrogen-bond acceptors (Lipinski definition) is 3. The first-order valence-corrected chi connectivity index (χ1v) is 11.0. The van der Waals surface area contributed by atoms with Crippen molar-refractivity contribution in [3.8, 4) is 0 Å². The van der Waals surface area contributed by atoms with Crippen molar-refractivity contribution < 1.29 is 0 Å². The highest BCUT2D eigenvalue weighted by Gasteiger charge is 2.26. The zero-order valence-corrected chi connectivity index (χ0v) is 17.0. The van der Waals surface area contributed by atoms with Crippen LogP contribution in [0.1, 0.15) is 35.6 Å². The van der Waals surface area contributed by atoms with Gasteiger partial charge in [-0.25, -0.2) is 0 Å². The molecule has 1 N–H and O–H groups in total. The normalized spacial score (nSPS) is 18.8. The molecule has 2 unspecified atom stereocenters. The van der Waals surface area contributed by atoms with E-state index >= 15 is 0 Å². The molecule has 2 atom stereocenters. The smallest absolute Gasteiger partial charge is 0.0345 e. The summed E-state index contributed by atoms with van der Waals surface area (Å²) in [6, 6.07) is 22.1. The van der Waals surface area contributed by atoms with Gasteiger partial charge in [-0.05, 0) is 80.9 Å². The van der Waals surface area contributed by atoms with Gasteiger partial charge in [0.25, 0.3) is 0 Å². The summed E-state index contributed by atoms with van der Waals surface area (Å²) in [4.78, 5) is 4.06. The van der Waals surface area contributed by atoms with Crippen LogP contribution >= 0.6 is 11.3 Å². The lowest BCUT2D eigenvalue weighted by Crippen LogP contribution is -2.34. The predicted molar refractivity (Wildman–Crippen MR) is 118 cm³/mol. The molecule has 0 saturated carbocycles. The van der Waals surface area contributed by atoms with Gasteiger partial charge in [-0.2, -0.15) is 0 Å². The Morgan fingerprint density at radius 2 is 1.93 bits per heavy atom. The number of piperidine rings is 1. The molecule has 142 valence electrons. The maximum absolute atomic E-state index is 3.64. The largest absolute Gasteiger partial charge is 0.316 e. The molecule has 0 bridgehead atoms. The Morgan fingerprint density at radius 1 is 1.11 bits per heavy atom. The van der Waals surface area contributed by atoms with E-state index in [4.69, 9.17) is 0 Å². The zero-order valence-electron chi connectivity index (χ0n) is 16.2. The van der Waals surface area contributed by atoms with E-state index in [9.17, 15) is 0 Å². The molecule has 0 radical (unpaired) electrons. The molecule has 1 saturated heterocycles. The van der Waals surface area contributed by atoms with Crippen molar-refractivity contribution in [2.24, 2.45) is 5.92 Å². The van der Waals surface area contributed by atoms with Gasteiger partial charge in [0.1, 0.15) is 0 Å². The van der Waals surface area contributed by atoms with Crippen molar-refractivity contribution in [2.45, 2.75) is 31.7 Å². The Morgan fingerprint density at radius 3 is 2.70 bits per heavy atom. The van der Waals surface area contributed by atoms with Crippen LogP contribution in [0.5, 0.6) is 0 Å². The minimum atomic E-state index is 0.661. The molecular weight excluding hydrogens is 348 g/mol. The Bertz CT molecular complexity index is 803. The molecule has 0 aliphatic carbocycles. The summed E-state index contributed by atoms with van der Waals surface area (Å²) in [5, 5.41) is 5.04. The van der Waals surface area contributed by atoms with Crippen LogP contribution in [0, 0.1) is 5.92 Å². The average Bonchev–Trinajstić information content (AvgIpc) is 3.13. The average molecular weight is 379 g/mol. The molecule has 2 aromatic carbocycles. The second-order valence-electron chi connectivity index (χ2n) is 7.91. The molecule has 1 aliphatic rings. The van der Waals surface area contributed by atoms with Gasteiger partial charge in [0, 0.05) is 16.1 Å². The van der Waals surface area contributed by atoms with Gasteiger partial charge in [0.05, 0.1) is 0 Å². The summed E-state index contributed by atoms with van der Waals surface area (Å²) in [7, 11) is 2.26. The lowest BCUT2D eigenvalue weighted by Gasteiger charge is -2.31. The van der Waals surface area contributed by atoms with E-state index in [-0.39, 0.29) is 0 Å². The first kappa shape index (κ1) is 18.7. The molecule has 1 fully saturated rings. The van der Waals surface area contributed by atoms with Crippen molar-refractivity contribution in [3.63, 3.8) is 0 Å². The van der Waals surface area contributed by atoms with Crippen LogP contribution in [0.4, 0.5) is 0 Å². The Hall–Kier alpha value is -1.68. The number of fused-ring (bicyclic) bond motifs is 1. The van der Waals surface area contributed by atoms with E-state index in [1.165, 1.54) is 48.0 Å². The minimum absolute atomic E-state index is 0.661. The highest BCUT2D eigenvalue weighted by molar-refractivity contribution is 7.19. The van der Waals surface area contributed by atoms with Gasteiger partial charge in [0.15, 0.2) is 0 Å². The first-order valence-electron chi connectivity index (χ1n) is 10.2. The SMILES string of the molecule is CN(CCC(c1cc2ccccc2s1)C1CCCNC1)Cc1ccccc1. The van der Waals surface area contributed by atoms with E-state index in [1.807, 2.05) is 11.3 Å². The summed E-state index contributed by atoms with van der Waals surface area (Å²) in [6.45, 7) is 4.53. The minimum Gasteiger partial charge on any atom is -0.316 e. The molecule has 3 aromatic rings. The van der Waals surface area contributed by atoms with E-state index in [2.05, 4.69) is 77.9 Å². The van der Waals surface area contributed by atoms with Gasteiger partial charge in [-0.3, -0.25) is 0 Å². The van der Waals surface area contributed by atoms with Crippen LogP contribution in [-0.4, -0.2) is 31.6 Å². The molecule has 1 aliphatic heterocycles. The summed E-state index contributed by atoms with van der Waals surface area (Å²) in [5.74, 6) is 1.42. The number of hydrogen-bond donors (Lipinski definition) is 1. The fourth-order valence-electron chi connectivity index (χ4n) is 4.35. The Labute approximate surface area is 167 Å². The van der Waals surface area contributed by atoms with Crippen molar-refractivity contribution in [3.05, 3.63) is 71.1 Å². The summed E-state index contributed by atoms with van der Waals surface area (Å²) < 4.78 is 1.43. The fraction of sp³-hybridized carbons (Fsp3) is 0.417. The summed E-state index contributed by atoms with van der Waals surface area (Å²) in [5.41, 5.74) is 1.40. The lowest BCUT2D eigenvalue weighted by molar-refractivity contribution is 0.263. The molecule has 0 spiro atoms. The number of nitrogens with zero attached hydrogens (tertiary/aromatic N) is 1. The highest BCUT2D eigenvalue weighted by Crippen LogP contribution is 2.39. The molecule has 3 heteroatoms. The van der Waals surface area contributed by atoms with Gasteiger partial charge in [-0.1, -0.05) is 48.5 Å². The number of nitrogens with one attached hydrogen (secondary N) is 1. The van der Waals surface area contributed by atoms with Gasteiger partial charge >= 0.3 is 0 Å². The van der Waals surface area contributed by atoms with Crippen molar-refractivity contribution in [1.29, 1.82) is 0 Å². The first-order chi connectivity index (χ1) is 13.3. The second kappa shape index (κ2) is 9.01. The van der Waals surface area contributed by atoms with Crippen LogP contribution in [-0.2, 0) is 6.54 Å². The maximum atomic E-state index is 3.64. The van der Waals surface area contributed by atoms with Crippen LogP contribution in [0.15, 0.2) is 60.7 Å². The van der Waals surface area contributed by atoms with E-state index in [0.717, 1.165) is 19.0 Å². The highest BCUT2D eigenvalue weighted by atomic mass is 32.1. The number of thiophene rings is 1. The lowest BCUT2D eigenvalue weighted by atomic mass is 9.83. The van der Waals surface area contributed by atoms with Crippen LogP contribution in [0.25, 0.3) is 10.1 Å². The van der Waals surface area contributed by atoms with Gasteiger partial charge < -0.3 is 10.2 Å². The summed E-state index contributed by atoms with van der Waals surface area (Å²) in [6.07, 6.45) is 3.91. The molecule has 2 nitrogen and oxygen atoms in total. The molecule has 27 heavy (non-hydrogen) atoms. The fourth-order valence-corrected chi connectivity index (χ4v) is 5.64. The summed E-state index contributed by atoms with van der Waals surface area (Å²) >= 11 is 2.01. The van der Waals surface area contributed by atoms with Crippen molar-refractivity contribution in [2.75, 3.05) is 26.7 Å². The Kier molecular flexibility index (Phi) is 6.23. The zero-order chi connectivity index (χ0) is 18.5. The molecule has 0 amide bonds. The monoisotopic (exact) mass is 378 g/mol. The number of benzene rings is 2. The third kappa shape index (κ3) is 4.78. The van der Waals surface area contributed by atoms with Crippen LogP contribution in [0.3, 0.4) is 0 Å². The maximum Gasteiger partial charge on any atom is 0.0345 e. The van der Waals surface area contributed by atoms with Gasteiger partial charge in [-0.15, -0.1) is 11.3 Å². The van der Waals surface area contributed by atoms with E-state index in [0.29, 0.717) is 5.92 Å². The molecule has 2 heterocycles. The van der Waals surface area contributed by atoms with E-state index < -0.39 is 0 Å². The molecule has 4 rings (SSSR count). The Balaban J connectivity index is 1.47. The third-order valence-corrected chi connectivity index (χ3v) is 7.08. The molecule has 1 aromatic heterocycles.